The van der Waals surface area contributed by atoms with Gasteiger partial charge in [0.25, 0.3) is 0 Å². The zero-order chi connectivity index (χ0) is 21.6. The summed E-state index contributed by atoms with van der Waals surface area (Å²) in [5.41, 5.74) is 2.00. The van der Waals surface area contributed by atoms with E-state index in [0.29, 0.717) is 11.6 Å². The highest BCUT2D eigenvalue weighted by molar-refractivity contribution is 7.99. The molecule has 1 N–H and O–H groups in total. The number of aromatic nitrogens is 3. The first-order valence-electron chi connectivity index (χ1n) is 9.92. The molecular weight excluding hydrogens is 507 g/mol. The predicted molar refractivity (Wildman–Crippen MR) is 144 cm³/mol. The average Bonchev–Trinajstić information content (AvgIpc) is 3.31. The molecule has 34 heavy (non-hydrogen) atoms. The molecule has 5 rings (SSSR count). The van der Waals surface area contributed by atoms with Gasteiger partial charge in [0.2, 0.25) is 0 Å². The van der Waals surface area contributed by atoms with E-state index >= 15 is 0 Å². The monoisotopic (exact) mass is 526 g/mol. The summed E-state index contributed by atoms with van der Waals surface area (Å²) >= 11 is 3.14. The van der Waals surface area contributed by atoms with Crippen molar-refractivity contribution in [2.75, 3.05) is 5.32 Å². The van der Waals surface area contributed by atoms with Crippen molar-refractivity contribution in [3.8, 4) is 22.8 Å². The minimum atomic E-state index is 0. The lowest BCUT2D eigenvalue weighted by atomic mass is 10.2. The number of hydrogen-bond donors (Lipinski definition) is 1. The van der Waals surface area contributed by atoms with E-state index in [-0.39, 0.29) is 24.8 Å². The van der Waals surface area contributed by atoms with Crippen molar-refractivity contribution in [3.63, 3.8) is 0 Å². The van der Waals surface area contributed by atoms with E-state index in [1.54, 1.807) is 24.2 Å². The number of rotatable bonds is 7. The van der Waals surface area contributed by atoms with Crippen LogP contribution < -0.4 is 10.1 Å². The fourth-order valence-electron chi connectivity index (χ4n) is 2.99. The van der Waals surface area contributed by atoms with Gasteiger partial charge in [-0.15, -0.1) is 36.2 Å². The molecule has 0 aliphatic heterocycles. The summed E-state index contributed by atoms with van der Waals surface area (Å²) in [7, 11) is 0. The molecule has 3 heterocycles. The number of para-hydroxylation sites is 1. The van der Waals surface area contributed by atoms with Gasteiger partial charge in [-0.05, 0) is 24.3 Å². The van der Waals surface area contributed by atoms with Crippen LogP contribution in [0.25, 0.3) is 11.3 Å². The van der Waals surface area contributed by atoms with Gasteiger partial charge in [-0.2, -0.15) is 0 Å². The minimum Gasteiger partial charge on any atom is -0.453 e. The molecular formula is C25H20Cl2N4OS2. The van der Waals surface area contributed by atoms with Crippen LogP contribution in [0.2, 0.25) is 0 Å². The number of halogens is 2. The van der Waals surface area contributed by atoms with E-state index in [2.05, 4.69) is 15.3 Å². The van der Waals surface area contributed by atoms with Crippen molar-refractivity contribution >= 4 is 58.9 Å². The van der Waals surface area contributed by atoms with Crippen molar-refractivity contribution in [2.24, 2.45) is 0 Å². The largest absolute Gasteiger partial charge is 0.453 e. The average molecular weight is 528 g/mol. The zero-order valence-electron chi connectivity index (χ0n) is 17.7. The molecule has 0 atom stereocenters. The van der Waals surface area contributed by atoms with Crippen LogP contribution in [0.4, 0.5) is 10.9 Å². The maximum absolute atomic E-state index is 6.18. The Morgan fingerprint density at radius 2 is 1.53 bits per heavy atom. The Morgan fingerprint density at radius 1 is 0.824 bits per heavy atom. The van der Waals surface area contributed by atoms with Crippen molar-refractivity contribution in [1.29, 1.82) is 0 Å². The minimum absolute atomic E-state index is 0. The number of hydrogen-bond acceptors (Lipinski definition) is 7. The molecule has 0 aliphatic rings. The third-order valence-electron chi connectivity index (χ3n) is 4.48. The van der Waals surface area contributed by atoms with Gasteiger partial charge in [-0.1, -0.05) is 60.3 Å². The van der Waals surface area contributed by atoms with Crippen molar-refractivity contribution in [2.45, 2.75) is 9.79 Å². The van der Waals surface area contributed by atoms with Crippen LogP contribution in [0.3, 0.4) is 0 Å². The molecule has 0 amide bonds. The molecule has 0 radical (unpaired) electrons. The Kier molecular flexibility index (Phi) is 9.30. The Bertz CT molecular complexity index is 1310. The van der Waals surface area contributed by atoms with Crippen LogP contribution in [-0.2, 0) is 0 Å². The van der Waals surface area contributed by atoms with Crippen molar-refractivity contribution in [1.82, 2.24) is 15.0 Å². The van der Waals surface area contributed by atoms with E-state index in [9.17, 15) is 0 Å². The fraction of sp³-hybridized carbons (Fsp3) is 0. The maximum Gasteiger partial charge on any atom is 0.188 e. The molecule has 0 bridgehead atoms. The number of nitrogens with one attached hydrogen (secondary N) is 1. The fourth-order valence-corrected chi connectivity index (χ4v) is 4.51. The van der Waals surface area contributed by atoms with E-state index in [1.165, 1.54) is 11.3 Å². The van der Waals surface area contributed by atoms with Crippen LogP contribution in [0.15, 0.2) is 113 Å². The van der Waals surface area contributed by atoms with Crippen LogP contribution in [0.5, 0.6) is 11.5 Å². The first-order valence-corrected chi connectivity index (χ1v) is 11.6. The number of nitrogens with zero attached hydrogens (tertiary/aromatic N) is 3. The molecule has 2 aromatic carbocycles. The highest BCUT2D eigenvalue weighted by atomic mass is 35.5. The first-order chi connectivity index (χ1) is 15.8. The number of benzene rings is 2. The van der Waals surface area contributed by atoms with Crippen molar-refractivity contribution in [3.05, 3.63) is 103 Å². The molecule has 0 spiro atoms. The maximum atomic E-state index is 6.18. The number of thiazole rings is 1. The Labute approximate surface area is 218 Å². The Morgan fingerprint density at radius 3 is 2.26 bits per heavy atom. The summed E-state index contributed by atoms with van der Waals surface area (Å²) < 4.78 is 6.18. The second-order valence-corrected chi connectivity index (χ2v) is 8.75. The van der Waals surface area contributed by atoms with Crippen LogP contribution >= 0.6 is 47.9 Å². The summed E-state index contributed by atoms with van der Waals surface area (Å²) in [6.45, 7) is 0. The van der Waals surface area contributed by atoms with Gasteiger partial charge in [0.15, 0.2) is 16.7 Å². The van der Waals surface area contributed by atoms with E-state index in [0.717, 1.165) is 31.9 Å². The molecule has 172 valence electrons. The summed E-state index contributed by atoms with van der Waals surface area (Å²) in [5.74, 6) is 1.99. The molecule has 3 aromatic heterocycles. The van der Waals surface area contributed by atoms with Gasteiger partial charge in [0.05, 0.1) is 5.69 Å². The van der Waals surface area contributed by atoms with Crippen LogP contribution in [0, 0.1) is 0 Å². The normalized spacial score (nSPS) is 10.0. The third kappa shape index (κ3) is 6.48. The Balaban J connectivity index is 0.00000162. The molecule has 9 heteroatoms. The van der Waals surface area contributed by atoms with Crippen LogP contribution in [0.1, 0.15) is 0 Å². The van der Waals surface area contributed by atoms with Gasteiger partial charge < -0.3 is 10.1 Å². The summed E-state index contributed by atoms with van der Waals surface area (Å²) in [5, 5.41) is 6.11. The standard InChI is InChI=1S/C25H18N4OS2.2ClH/c1-3-7-18(8-4-1)22-17-31-25(28-22)29-24-23(30-19-9-5-2-6-10-19)15-21(16-27-24)32-20-11-13-26-14-12-20;;/h1-17H,(H,27,28,29);2*1H. The quantitative estimate of drug-likeness (QED) is 0.231. The van der Waals surface area contributed by atoms with Gasteiger partial charge >= 0.3 is 0 Å². The smallest absolute Gasteiger partial charge is 0.188 e. The van der Waals surface area contributed by atoms with Gasteiger partial charge in [-0.3, -0.25) is 4.98 Å². The van der Waals surface area contributed by atoms with Gasteiger partial charge in [0.1, 0.15) is 5.75 Å². The van der Waals surface area contributed by atoms with E-state index in [1.807, 2.05) is 90.4 Å². The van der Waals surface area contributed by atoms with Gasteiger partial charge in [0, 0.05) is 45.4 Å². The van der Waals surface area contributed by atoms with E-state index < -0.39 is 0 Å². The van der Waals surface area contributed by atoms with E-state index in [4.69, 9.17) is 9.72 Å². The number of ether oxygens (including phenoxy) is 1. The number of anilines is 2. The second kappa shape index (κ2) is 12.4. The lowest BCUT2D eigenvalue weighted by Gasteiger charge is -2.12. The SMILES string of the molecule is Cl.Cl.c1ccc(Oc2cc(Sc3ccncc3)cnc2Nc2nc(-c3ccccc3)cs2)cc1. The molecule has 5 nitrogen and oxygen atoms in total. The Hall–Kier alpha value is -3.10. The summed E-state index contributed by atoms with van der Waals surface area (Å²) in [6, 6.07) is 25.7. The summed E-state index contributed by atoms with van der Waals surface area (Å²) in [6.07, 6.45) is 5.39. The molecule has 0 fully saturated rings. The second-order valence-electron chi connectivity index (χ2n) is 6.75. The lowest BCUT2D eigenvalue weighted by molar-refractivity contribution is 0.481. The molecule has 0 saturated heterocycles. The molecule has 5 aromatic rings. The lowest BCUT2D eigenvalue weighted by Crippen LogP contribution is -1.97. The van der Waals surface area contributed by atoms with Crippen molar-refractivity contribution < 1.29 is 4.74 Å². The third-order valence-corrected chi connectivity index (χ3v) is 6.21. The summed E-state index contributed by atoms with van der Waals surface area (Å²) in [4.78, 5) is 15.5. The zero-order valence-corrected chi connectivity index (χ0v) is 21.0. The highest BCUT2D eigenvalue weighted by Gasteiger charge is 2.12. The number of pyridine rings is 2. The van der Waals surface area contributed by atoms with Crippen LogP contribution in [-0.4, -0.2) is 15.0 Å². The molecule has 0 unspecified atom stereocenters. The molecule has 0 aliphatic carbocycles. The predicted octanol–water partition coefficient (Wildman–Crippen LogP) is 8.13. The highest BCUT2D eigenvalue weighted by Crippen LogP contribution is 2.37. The molecule has 0 saturated carbocycles. The topological polar surface area (TPSA) is 59.9 Å². The van der Waals surface area contributed by atoms with Gasteiger partial charge in [-0.25, -0.2) is 9.97 Å². The first kappa shape index (κ1) is 25.5.